The lowest BCUT2D eigenvalue weighted by Gasteiger charge is -2.04. The van der Waals surface area contributed by atoms with E-state index >= 15 is 0 Å². The van der Waals surface area contributed by atoms with Gasteiger partial charge in [0.25, 0.3) is 5.91 Å². The molecule has 5 heteroatoms. The van der Waals surface area contributed by atoms with Crippen LogP contribution in [-0.2, 0) is 4.79 Å². The summed E-state index contributed by atoms with van der Waals surface area (Å²) in [5, 5.41) is 14.4. The van der Waals surface area contributed by atoms with Gasteiger partial charge in [0.2, 0.25) is 0 Å². The minimum absolute atomic E-state index is 0.215. The first-order valence-electron chi connectivity index (χ1n) is 6.65. The first-order chi connectivity index (χ1) is 10.6. The maximum Gasteiger partial charge on any atom is 0.322 e. The third-order valence-electron chi connectivity index (χ3n) is 3.24. The number of imide groups is 1. The monoisotopic (exact) mass is 292 g/mol. The quantitative estimate of drug-likeness (QED) is 0.552. The summed E-state index contributed by atoms with van der Waals surface area (Å²) >= 11 is 0. The van der Waals surface area contributed by atoms with Crippen molar-refractivity contribution in [2.24, 2.45) is 0 Å². The Morgan fingerprint density at radius 2 is 1.73 bits per heavy atom. The zero-order chi connectivity index (χ0) is 15.5. The number of urea groups is 1. The van der Waals surface area contributed by atoms with Gasteiger partial charge in [-0.05, 0) is 23.8 Å². The Labute approximate surface area is 127 Å². The zero-order valence-electron chi connectivity index (χ0n) is 11.5. The second kappa shape index (κ2) is 5.62. The summed E-state index contributed by atoms with van der Waals surface area (Å²) in [7, 11) is 0. The van der Waals surface area contributed by atoms with Crippen LogP contribution in [-0.4, -0.2) is 23.1 Å². The Morgan fingerprint density at radius 3 is 2.36 bits per heavy atom. The summed E-state index contributed by atoms with van der Waals surface area (Å²) < 4.78 is 0. The van der Waals surface area contributed by atoms with E-state index in [1.54, 1.807) is 24.3 Å². The van der Waals surface area contributed by atoms with Gasteiger partial charge >= 0.3 is 6.03 Å². The molecule has 0 aromatic heterocycles. The van der Waals surface area contributed by atoms with Gasteiger partial charge in [-0.15, -0.1) is 0 Å². The third-order valence-corrected chi connectivity index (χ3v) is 3.24. The summed E-state index contributed by atoms with van der Waals surface area (Å²) in [6, 6.07) is 13.0. The highest BCUT2D eigenvalue weighted by atomic mass is 16.3. The first-order valence-corrected chi connectivity index (χ1v) is 6.65. The number of hydrogen-bond acceptors (Lipinski definition) is 3. The predicted octanol–water partition coefficient (Wildman–Crippen LogP) is 1.62. The number of aromatic hydroxyl groups is 1. The molecule has 1 unspecified atom stereocenters. The maximum atomic E-state index is 11.4. The smallest absolute Gasteiger partial charge is 0.322 e. The second-order valence-electron chi connectivity index (χ2n) is 4.76. The summed E-state index contributed by atoms with van der Waals surface area (Å²) in [4.78, 5) is 22.3. The molecule has 3 N–H and O–H groups in total. The molecule has 1 heterocycles. The molecule has 5 nitrogen and oxygen atoms in total. The molecule has 0 saturated carbocycles. The number of benzene rings is 2. The minimum atomic E-state index is -0.814. The number of carbonyl (C=O) groups excluding carboxylic acids is 2. The molecule has 0 radical (unpaired) electrons. The van der Waals surface area contributed by atoms with E-state index in [4.69, 9.17) is 0 Å². The highest BCUT2D eigenvalue weighted by Crippen LogP contribution is 2.28. The molecule has 1 fully saturated rings. The average Bonchev–Trinajstić information content (AvgIpc) is 2.84. The van der Waals surface area contributed by atoms with E-state index < -0.39 is 18.0 Å². The van der Waals surface area contributed by atoms with Gasteiger partial charge in [0.15, 0.2) is 6.04 Å². The number of amides is 3. The van der Waals surface area contributed by atoms with Crippen LogP contribution in [0.4, 0.5) is 4.79 Å². The van der Waals surface area contributed by atoms with Crippen molar-refractivity contribution >= 4 is 11.9 Å². The molecule has 3 rings (SSSR count). The molecule has 0 aliphatic carbocycles. The standard InChI is InChI=1S/C17H12N2O3/c20-15-4-2-1-3-13(15)12-8-5-11(6-9-12)7-10-14-16(21)19-17(22)18-14/h1-6,8-9,14,20H,(H2,18,19,21,22). The number of rotatable bonds is 1. The van der Waals surface area contributed by atoms with Crippen molar-refractivity contribution in [2.45, 2.75) is 6.04 Å². The van der Waals surface area contributed by atoms with Crippen LogP contribution in [0.15, 0.2) is 48.5 Å². The van der Waals surface area contributed by atoms with Gasteiger partial charge in [0.1, 0.15) is 5.75 Å². The number of nitrogens with one attached hydrogen (secondary N) is 2. The van der Waals surface area contributed by atoms with E-state index in [-0.39, 0.29) is 5.75 Å². The van der Waals surface area contributed by atoms with E-state index in [1.807, 2.05) is 24.3 Å². The Hall–Kier alpha value is -3.26. The number of para-hydroxylation sites is 1. The lowest BCUT2D eigenvalue weighted by Crippen LogP contribution is -2.26. The summed E-state index contributed by atoms with van der Waals surface area (Å²) in [5.74, 6) is 5.32. The van der Waals surface area contributed by atoms with Crippen LogP contribution in [0.1, 0.15) is 5.56 Å². The van der Waals surface area contributed by atoms with Crippen molar-refractivity contribution in [3.63, 3.8) is 0 Å². The van der Waals surface area contributed by atoms with Gasteiger partial charge in [0, 0.05) is 11.1 Å². The molecule has 1 aliphatic heterocycles. The first kappa shape index (κ1) is 13.7. The van der Waals surface area contributed by atoms with E-state index in [1.165, 1.54) is 0 Å². The highest BCUT2D eigenvalue weighted by molar-refractivity contribution is 6.05. The van der Waals surface area contributed by atoms with Crippen molar-refractivity contribution in [2.75, 3.05) is 0 Å². The Kier molecular flexibility index (Phi) is 3.50. The predicted molar refractivity (Wildman–Crippen MR) is 80.9 cm³/mol. The molecule has 108 valence electrons. The SMILES string of the molecule is O=C1NC(=O)C(C#Cc2ccc(-c3ccccc3O)cc2)N1. The zero-order valence-corrected chi connectivity index (χ0v) is 11.5. The van der Waals surface area contributed by atoms with Crippen LogP contribution < -0.4 is 10.6 Å². The van der Waals surface area contributed by atoms with Crippen LogP contribution in [0, 0.1) is 11.8 Å². The third kappa shape index (κ3) is 2.76. The van der Waals surface area contributed by atoms with Gasteiger partial charge in [-0.1, -0.05) is 42.2 Å². The highest BCUT2D eigenvalue weighted by Gasteiger charge is 2.27. The summed E-state index contributed by atoms with van der Waals surface area (Å²) in [5.41, 5.74) is 2.33. The normalized spacial score (nSPS) is 16.5. The fraction of sp³-hybridized carbons (Fsp3) is 0.0588. The van der Waals surface area contributed by atoms with Crippen LogP contribution in [0.25, 0.3) is 11.1 Å². The van der Waals surface area contributed by atoms with Crippen molar-refractivity contribution < 1.29 is 14.7 Å². The average molecular weight is 292 g/mol. The lowest BCUT2D eigenvalue weighted by molar-refractivity contribution is -0.119. The fourth-order valence-corrected chi connectivity index (χ4v) is 2.12. The molecule has 0 bridgehead atoms. The summed E-state index contributed by atoms with van der Waals surface area (Å²) in [6.07, 6.45) is 0. The van der Waals surface area contributed by atoms with Crippen molar-refractivity contribution in [3.8, 4) is 28.7 Å². The number of hydrogen-bond donors (Lipinski definition) is 3. The number of phenolic OH excluding ortho intramolecular Hbond substituents is 1. The van der Waals surface area contributed by atoms with Gasteiger partial charge < -0.3 is 10.4 Å². The van der Waals surface area contributed by atoms with Crippen LogP contribution >= 0.6 is 0 Å². The van der Waals surface area contributed by atoms with Crippen LogP contribution in [0.5, 0.6) is 5.75 Å². The number of phenols is 1. The van der Waals surface area contributed by atoms with Gasteiger partial charge in [-0.25, -0.2) is 4.79 Å². The van der Waals surface area contributed by atoms with Gasteiger partial charge in [-0.3, -0.25) is 10.1 Å². The molecule has 2 aromatic rings. The second-order valence-corrected chi connectivity index (χ2v) is 4.76. The Morgan fingerprint density at radius 1 is 1.00 bits per heavy atom. The lowest BCUT2D eigenvalue weighted by atomic mass is 10.0. The topological polar surface area (TPSA) is 78.4 Å². The molecular formula is C17H12N2O3. The molecule has 22 heavy (non-hydrogen) atoms. The van der Waals surface area contributed by atoms with Gasteiger partial charge in [-0.2, -0.15) is 0 Å². The van der Waals surface area contributed by atoms with Crippen LogP contribution in [0.3, 0.4) is 0 Å². The molecule has 3 amide bonds. The van der Waals surface area contributed by atoms with Crippen molar-refractivity contribution in [3.05, 3.63) is 54.1 Å². The van der Waals surface area contributed by atoms with Crippen molar-refractivity contribution in [1.29, 1.82) is 0 Å². The Balaban J connectivity index is 1.80. The van der Waals surface area contributed by atoms with E-state index in [0.717, 1.165) is 11.1 Å². The molecule has 2 aromatic carbocycles. The fourth-order valence-electron chi connectivity index (χ4n) is 2.12. The molecule has 1 atom stereocenters. The molecule has 1 aliphatic rings. The molecule has 0 spiro atoms. The van der Waals surface area contributed by atoms with Crippen LogP contribution in [0.2, 0.25) is 0 Å². The molecular weight excluding hydrogens is 280 g/mol. The maximum absolute atomic E-state index is 11.4. The largest absolute Gasteiger partial charge is 0.507 e. The summed E-state index contributed by atoms with van der Waals surface area (Å²) in [6.45, 7) is 0. The number of carbonyl (C=O) groups is 2. The van der Waals surface area contributed by atoms with E-state index in [9.17, 15) is 14.7 Å². The minimum Gasteiger partial charge on any atom is -0.507 e. The van der Waals surface area contributed by atoms with E-state index in [0.29, 0.717) is 5.56 Å². The van der Waals surface area contributed by atoms with E-state index in [2.05, 4.69) is 22.5 Å². The van der Waals surface area contributed by atoms with Crippen molar-refractivity contribution in [1.82, 2.24) is 10.6 Å². The van der Waals surface area contributed by atoms with Gasteiger partial charge in [0.05, 0.1) is 0 Å². The Bertz CT molecular complexity index is 801. The molecule has 1 saturated heterocycles.